The standard InChI is InChI=1S/C16H19N3O/c1-11-10-19(9-8-13(11)17)16(20)15-7-6-12-4-2-3-5-14(12)18-15/h2-7,11,13H,8-10,17H2,1H3. The molecule has 1 aliphatic heterocycles. The number of hydrogen-bond donors (Lipinski definition) is 1. The van der Waals surface area contributed by atoms with Gasteiger partial charge < -0.3 is 10.6 Å². The quantitative estimate of drug-likeness (QED) is 0.862. The topological polar surface area (TPSA) is 59.2 Å². The molecule has 1 fully saturated rings. The van der Waals surface area contributed by atoms with Crippen molar-refractivity contribution in [3.8, 4) is 0 Å². The summed E-state index contributed by atoms with van der Waals surface area (Å²) in [6.07, 6.45) is 0.862. The number of carbonyl (C=O) groups excluding carboxylic acids is 1. The summed E-state index contributed by atoms with van der Waals surface area (Å²) in [6, 6.07) is 11.8. The maximum atomic E-state index is 12.5. The molecular weight excluding hydrogens is 250 g/mol. The number of nitrogens with zero attached hydrogens (tertiary/aromatic N) is 2. The van der Waals surface area contributed by atoms with Crippen molar-refractivity contribution < 1.29 is 4.79 Å². The van der Waals surface area contributed by atoms with Gasteiger partial charge in [-0.05, 0) is 24.5 Å². The molecule has 1 aromatic heterocycles. The Labute approximate surface area is 118 Å². The van der Waals surface area contributed by atoms with Gasteiger partial charge in [0.1, 0.15) is 5.69 Å². The number of piperidine rings is 1. The smallest absolute Gasteiger partial charge is 0.272 e. The maximum Gasteiger partial charge on any atom is 0.272 e. The summed E-state index contributed by atoms with van der Waals surface area (Å²) in [4.78, 5) is 18.9. The normalized spacial score (nSPS) is 23.0. The molecule has 3 rings (SSSR count). The van der Waals surface area contributed by atoms with E-state index in [9.17, 15) is 4.79 Å². The number of likely N-dealkylation sites (tertiary alicyclic amines) is 1. The second-order valence-corrected chi connectivity index (χ2v) is 5.57. The van der Waals surface area contributed by atoms with Crippen LogP contribution in [0.3, 0.4) is 0 Å². The van der Waals surface area contributed by atoms with Gasteiger partial charge in [-0.1, -0.05) is 31.2 Å². The summed E-state index contributed by atoms with van der Waals surface area (Å²) >= 11 is 0. The minimum Gasteiger partial charge on any atom is -0.337 e. The van der Waals surface area contributed by atoms with Gasteiger partial charge in [-0.3, -0.25) is 4.79 Å². The van der Waals surface area contributed by atoms with E-state index in [1.807, 2.05) is 41.3 Å². The van der Waals surface area contributed by atoms with Crippen LogP contribution in [0.25, 0.3) is 10.9 Å². The van der Waals surface area contributed by atoms with E-state index in [-0.39, 0.29) is 11.9 Å². The molecular formula is C16H19N3O. The average Bonchev–Trinajstić information content (AvgIpc) is 2.49. The molecule has 2 unspecified atom stereocenters. The lowest BCUT2D eigenvalue weighted by Gasteiger charge is -2.34. The Bertz CT molecular complexity index is 640. The van der Waals surface area contributed by atoms with Gasteiger partial charge in [0, 0.05) is 24.5 Å². The third kappa shape index (κ3) is 2.39. The molecule has 2 atom stereocenters. The number of para-hydroxylation sites is 1. The molecule has 20 heavy (non-hydrogen) atoms. The number of pyridine rings is 1. The lowest BCUT2D eigenvalue weighted by atomic mass is 9.94. The molecule has 0 radical (unpaired) electrons. The van der Waals surface area contributed by atoms with Gasteiger partial charge in [0.25, 0.3) is 5.91 Å². The highest BCUT2D eigenvalue weighted by molar-refractivity contribution is 5.95. The molecule has 0 bridgehead atoms. The van der Waals surface area contributed by atoms with Crippen LogP contribution in [0.2, 0.25) is 0 Å². The zero-order chi connectivity index (χ0) is 14.1. The van der Waals surface area contributed by atoms with Gasteiger partial charge in [0.15, 0.2) is 0 Å². The number of amides is 1. The Balaban J connectivity index is 1.85. The highest BCUT2D eigenvalue weighted by Gasteiger charge is 2.27. The second kappa shape index (κ2) is 5.21. The van der Waals surface area contributed by atoms with Gasteiger partial charge >= 0.3 is 0 Å². The highest BCUT2D eigenvalue weighted by atomic mass is 16.2. The Morgan fingerprint density at radius 1 is 1.30 bits per heavy atom. The number of fused-ring (bicyclic) bond motifs is 1. The fraction of sp³-hybridized carbons (Fsp3) is 0.375. The minimum absolute atomic E-state index is 0.00880. The molecule has 0 aliphatic carbocycles. The first-order valence-electron chi connectivity index (χ1n) is 7.06. The molecule has 1 amide bonds. The van der Waals surface area contributed by atoms with Crippen LogP contribution in [-0.4, -0.2) is 34.9 Å². The van der Waals surface area contributed by atoms with Gasteiger partial charge in [-0.25, -0.2) is 4.98 Å². The first-order valence-corrected chi connectivity index (χ1v) is 7.06. The monoisotopic (exact) mass is 269 g/mol. The predicted molar refractivity (Wildman–Crippen MR) is 79.4 cm³/mol. The third-order valence-corrected chi connectivity index (χ3v) is 4.08. The summed E-state index contributed by atoms with van der Waals surface area (Å²) in [7, 11) is 0. The van der Waals surface area contributed by atoms with Crippen molar-refractivity contribution in [1.29, 1.82) is 0 Å². The van der Waals surface area contributed by atoms with E-state index in [0.29, 0.717) is 18.2 Å². The van der Waals surface area contributed by atoms with Crippen molar-refractivity contribution in [1.82, 2.24) is 9.88 Å². The zero-order valence-corrected chi connectivity index (χ0v) is 11.6. The number of carbonyl (C=O) groups is 1. The molecule has 2 heterocycles. The highest BCUT2D eigenvalue weighted by Crippen LogP contribution is 2.18. The summed E-state index contributed by atoms with van der Waals surface area (Å²) < 4.78 is 0. The zero-order valence-electron chi connectivity index (χ0n) is 11.6. The number of hydrogen-bond acceptors (Lipinski definition) is 3. The van der Waals surface area contributed by atoms with Gasteiger partial charge in [0.05, 0.1) is 5.52 Å². The molecule has 104 valence electrons. The van der Waals surface area contributed by atoms with E-state index >= 15 is 0 Å². The van der Waals surface area contributed by atoms with Gasteiger partial charge in [0.2, 0.25) is 0 Å². The molecule has 4 heteroatoms. The predicted octanol–water partition coefficient (Wildman–Crippen LogP) is 2.04. The fourth-order valence-corrected chi connectivity index (χ4v) is 2.70. The third-order valence-electron chi connectivity index (χ3n) is 4.08. The Kier molecular flexibility index (Phi) is 3.40. The van der Waals surface area contributed by atoms with E-state index < -0.39 is 0 Å². The first kappa shape index (κ1) is 13.1. The molecule has 2 aromatic rings. The molecule has 2 N–H and O–H groups in total. The summed E-state index contributed by atoms with van der Waals surface area (Å²) in [5.74, 6) is 0.350. The van der Waals surface area contributed by atoms with E-state index in [1.165, 1.54) is 0 Å². The van der Waals surface area contributed by atoms with Crippen molar-refractivity contribution in [3.63, 3.8) is 0 Å². The van der Waals surface area contributed by atoms with Crippen LogP contribution in [0, 0.1) is 5.92 Å². The Morgan fingerprint density at radius 3 is 2.90 bits per heavy atom. The number of aromatic nitrogens is 1. The van der Waals surface area contributed by atoms with Crippen LogP contribution in [0.5, 0.6) is 0 Å². The van der Waals surface area contributed by atoms with Crippen molar-refractivity contribution in [2.45, 2.75) is 19.4 Å². The van der Waals surface area contributed by atoms with E-state index in [1.54, 1.807) is 0 Å². The summed E-state index contributed by atoms with van der Waals surface area (Å²) in [5.41, 5.74) is 7.38. The molecule has 1 aliphatic rings. The van der Waals surface area contributed by atoms with Crippen molar-refractivity contribution >= 4 is 16.8 Å². The van der Waals surface area contributed by atoms with Crippen molar-refractivity contribution in [2.75, 3.05) is 13.1 Å². The number of benzene rings is 1. The van der Waals surface area contributed by atoms with E-state index in [2.05, 4.69) is 11.9 Å². The van der Waals surface area contributed by atoms with Crippen LogP contribution in [0.4, 0.5) is 0 Å². The Morgan fingerprint density at radius 2 is 2.10 bits per heavy atom. The summed E-state index contributed by atoms with van der Waals surface area (Å²) in [5, 5.41) is 1.05. The van der Waals surface area contributed by atoms with E-state index in [0.717, 1.165) is 23.9 Å². The van der Waals surface area contributed by atoms with Gasteiger partial charge in [-0.15, -0.1) is 0 Å². The molecule has 1 saturated heterocycles. The van der Waals surface area contributed by atoms with Crippen LogP contribution in [0.1, 0.15) is 23.8 Å². The van der Waals surface area contributed by atoms with Crippen LogP contribution in [0.15, 0.2) is 36.4 Å². The molecule has 4 nitrogen and oxygen atoms in total. The average molecular weight is 269 g/mol. The summed E-state index contributed by atoms with van der Waals surface area (Å²) in [6.45, 7) is 3.53. The largest absolute Gasteiger partial charge is 0.337 e. The number of rotatable bonds is 1. The van der Waals surface area contributed by atoms with Crippen LogP contribution in [-0.2, 0) is 0 Å². The lowest BCUT2D eigenvalue weighted by molar-refractivity contribution is 0.0658. The Hall–Kier alpha value is -1.94. The first-order chi connectivity index (χ1) is 9.65. The SMILES string of the molecule is CC1CN(C(=O)c2ccc3ccccc3n2)CCC1N. The molecule has 0 spiro atoms. The molecule has 0 saturated carbocycles. The van der Waals surface area contributed by atoms with Crippen LogP contribution >= 0.6 is 0 Å². The maximum absolute atomic E-state index is 12.5. The van der Waals surface area contributed by atoms with Crippen molar-refractivity contribution in [3.05, 3.63) is 42.1 Å². The number of nitrogens with two attached hydrogens (primary N) is 1. The van der Waals surface area contributed by atoms with Crippen molar-refractivity contribution in [2.24, 2.45) is 11.7 Å². The fourth-order valence-electron chi connectivity index (χ4n) is 2.70. The second-order valence-electron chi connectivity index (χ2n) is 5.57. The van der Waals surface area contributed by atoms with E-state index in [4.69, 9.17) is 5.73 Å². The minimum atomic E-state index is 0.00880. The lowest BCUT2D eigenvalue weighted by Crippen LogP contribution is -2.48. The van der Waals surface area contributed by atoms with Crippen LogP contribution < -0.4 is 5.73 Å². The molecule has 1 aromatic carbocycles. The van der Waals surface area contributed by atoms with Gasteiger partial charge in [-0.2, -0.15) is 0 Å².